The van der Waals surface area contributed by atoms with Gasteiger partial charge in [0.25, 0.3) is 5.91 Å². The number of anilines is 2. The number of rotatable bonds is 10. The number of carbonyl (C=O) groups excluding carboxylic acids is 1. The smallest absolute Gasteiger partial charge is 0.273 e. The molecule has 0 saturated carbocycles. The zero-order valence-electron chi connectivity index (χ0n) is 17.9. The van der Waals surface area contributed by atoms with Crippen LogP contribution in [0.4, 0.5) is 11.6 Å². The molecule has 0 spiro atoms. The summed E-state index contributed by atoms with van der Waals surface area (Å²) in [5.41, 5.74) is 12.8. The molecule has 1 amide bonds. The van der Waals surface area contributed by atoms with Gasteiger partial charge >= 0.3 is 0 Å². The van der Waals surface area contributed by atoms with Crippen molar-refractivity contribution in [2.45, 2.75) is 12.7 Å². The maximum Gasteiger partial charge on any atom is 0.273 e. The monoisotopic (exact) mass is 470 g/mol. The van der Waals surface area contributed by atoms with Crippen LogP contribution in [-0.4, -0.2) is 69.1 Å². The number of sulfonamides is 1. The van der Waals surface area contributed by atoms with E-state index < -0.39 is 15.9 Å². The average molecular weight is 471 g/mol. The Morgan fingerprint density at radius 1 is 1.10 bits per heavy atom. The van der Waals surface area contributed by atoms with E-state index in [1.807, 2.05) is 45.3 Å². The van der Waals surface area contributed by atoms with Crippen LogP contribution in [0.15, 0.2) is 24.3 Å². The quantitative estimate of drug-likeness (QED) is 0.369. The molecule has 0 aliphatic heterocycles. The summed E-state index contributed by atoms with van der Waals surface area (Å²) in [6.45, 7) is 3.59. The van der Waals surface area contributed by atoms with E-state index in [9.17, 15) is 13.2 Å². The number of hydrogen-bond acceptors (Lipinski definition) is 7. The summed E-state index contributed by atoms with van der Waals surface area (Å²) in [6.07, 6.45) is 0. The molecular formula is C19H29ClN7O3S+. The fourth-order valence-electron chi connectivity index (χ4n) is 2.81. The molecule has 0 atom stereocenters. The highest BCUT2D eigenvalue weighted by molar-refractivity contribution is 7.88. The molecule has 0 fully saturated rings. The molecule has 31 heavy (non-hydrogen) atoms. The van der Waals surface area contributed by atoms with Crippen molar-refractivity contribution in [1.82, 2.24) is 20.0 Å². The van der Waals surface area contributed by atoms with Gasteiger partial charge in [-0.05, 0) is 18.1 Å². The topological polar surface area (TPSA) is 153 Å². The Balaban J connectivity index is 1.81. The van der Waals surface area contributed by atoms with Crippen LogP contribution in [0.25, 0.3) is 0 Å². The van der Waals surface area contributed by atoms with Crippen LogP contribution in [0.3, 0.4) is 0 Å². The number of carbonyl (C=O) groups is 1. The van der Waals surface area contributed by atoms with Crippen LogP contribution in [0.5, 0.6) is 0 Å². The average Bonchev–Trinajstić information content (AvgIpc) is 2.65. The first kappa shape index (κ1) is 24.8. The number of nitrogens with one attached hydrogen (secondary N) is 2. The fraction of sp³-hybridized carbons (Fsp3) is 0.421. The Morgan fingerprint density at radius 3 is 2.42 bits per heavy atom. The van der Waals surface area contributed by atoms with Crippen molar-refractivity contribution in [1.29, 1.82) is 0 Å². The fourth-order valence-corrected chi connectivity index (χ4v) is 4.17. The van der Waals surface area contributed by atoms with Gasteiger partial charge in [0, 0.05) is 0 Å². The van der Waals surface area contributed by atoms with Crippen LogP contribution in [-0.2, 0) is 15.8 Å². The van der Waals surface area contributed by atoms with E-state index in [4.69, 9.17) is 23.1 Å². The van der Waals surface area contributed by atoms with Crippen molar-refractivity contribution in [3.63, 3.8) is 0 Å². The van der Waals surface area contributed by atoms with Gasteiger partial charge in [-0.25, -0.2) is 23.1 Å². The maximum absolute atomic E-state index is 12.4. The molecule has 1 aromatic heterocycles. The predicted octanol–water partition coefficient (Wildman–Crippen LogP) is 0.529. The molecular weight excluding hydrogens is 442 g/mol. The summed E-state index contributed by atoms with van der Waals surface area (Å²) in [5.74, 6) is -0.712. The predicted molar refractivity (Wildman–Crippen MR) is 122 cm³/mol. The molecule has 1 aromatic carbocycles. The van der Waals surface area contributed by atoms with Gasteiger partial charge in [-0.2, -0.15) is 0 Å². The SMILES string of the molecule is Cc1ccccc1CS(=O)(=O)NCC[N+](C)(C)CCNC(=O)c1nc(Cl)c(N)nc1N. The molecule has 0 radical (unpaired) electrons. The molecule has 0 saturated heterocycles. The Bertz CT molecular complexity index is 1040. The summed E-state index contributed by atoms with van der Waals surface area (Å²) in [7, 11) is 0.438. The van der Waals surface area contributed by atoms with E-state index in [0.717, 1.165) is 11.1 Å². The first-order valence-corrected chi connectivity index (χ1v) is 11.6. The highest BCUT2D eigenvalue weighted by Gasteiger charge is 2.20. The summed E-state index contributed by atoms with van der Waals surface area (Å²) in [6, 6.07) is 7.39. The number of hydrogen-bond donors (Lipinski definition) is 4. The molecule has 2 rings (SSSR count). The lowest BCUT2D eigenvalue weighted by atomic mass is 10.1. The lowest BCUT2D eigenvalue weighted by Crippen LogP contribution is -2.49. The highest BCUT2D eigenvalue weighted by atomic mass is 35.5. The van der Waals surface area contributed by atoms with E-state index in [1.165, 1.54) is 0 Å². The largest absolute Gasteiger partial charge is 0.382 e. The first-order valence-electron chi connectivity index (χ1n) is 9.61. The number of nitrogens with zero attached hydrogens (tertiary/aromatic N) is 3. The van der Waals surface area contributed by atoms with Crippen LogP contribution >= 0.6 is 11.6 Å². The van der Waals surface area contributed by atoms with Gasteiger partial charge in [0.05, 0.1) is 46.0 Å². The van der Waals surface area contributed by atoms with Crippen molar-refractivity contribution in [2.75, 3.05) is 51.7 Å². The minimum absolute atomic E-state index is 0.0432. The molecule has 0 aliphatic rings. The summed E-state index contributed by atoms with van der Waals surface area (Å²) in [4.78, 5) is 19.9. The zero-order valence-corrected chi connectivity index (χ0v) is 19.4. The molecule has 12 heteroatoms. The van der Waals surface area contributed by atoms with Crippen LogP contribution in [0.2, 0.25) is 5.15 Å². The second kappa shape index (κ2) is 10.2. The number of aryl methyl sites for hydroxylation is 1. The number of amides is 1. The minimum atomic E-state index is -3.44. The molecule has 170 valence electrons. The van der Waals surface area contributed by atoms with Gasteiger partial charge in [0.2, 0.25) is 10.0 Å². The van der Waals surface area contributed by atoms with Crippen LogP contribution in [0.1, 0.15) is 21.6 Å². The zero-order chi connectivity index (χ0) is 23.2. The molecule has 1 heterocycles. The van der Waals surface area contributed by atoms with Crippen LogP contribution < -0.4 is 21.5 Å². The van der Waals surface area contributed by atoms with Crippen molar-refractivity contribution in [3.8, 4) is 0 Å². The summed E-state index contributed by atoms with van der Waals surface area (Å²) in [5, 5.41) is 2.62. The van der Waals surface area contributed by atoms with Crippen molar-refractivity contribution in [3.05, 3.63) is 46.2 Å². The Labute approximate surface area is 187 Å². The third kappa shape index (κ3) is 7.62. The third-order valence-electron chi connectivity index (χ3n) is 4.77. The number of quaternary nitrogens is 1. The van der Waals surface area contributed by atoms with Gasteiger partial charge < -0.3 is 21.3 Å². The van der Waals surface area contributed by atoms with E-state index in [2.05, 4.69) is 20.0 Å². The first-order chi connectivity index (χ1) is 14.4. The number of likely N-dealkylation sites (N-methyl/N-ethyl adjacent to an activating group) is 1. The van der Waals surface area contributed by atoms with E-state index in [1.54, 1.807) is 0 Å². The normalized spacial score (nSPS) is 12.0. The molecule has 6 N–H and O–H groups in total. The molecule has 2 aromatic rings. The number of halogens is 1. The number of nitrogen functional groups attached to an aromatic ring is 2. The Morgan fingerprint density at radius 2 is 1.74 bits per heavy atom. The lowest BCUT2D eigenvalue weighted by Gasteiger charge is -2.30. The lowest BCUT2D eigenvalue weighted by molar-refractivity contribution is -0.887. The minimum Gasteiger partial charge on any atom is -0.382 e. The molecule has 0 aliphatic carbocycles. The second-order valence-electron chi connectivity index (χ2n) is 7.85. The maximum atomic E-state index is 12.4. The van der Waals surface area contributed by atoms with E-state index >= 15 is 0 Å². The van der Waals surface area contributed by atoms with Crippen molar-refractivity contribution < 1.29 is 17.7 Å². The van der Waals surface area contributed by atoms with Gasteiger partial charge in [-0.1, -0.05) is 35.9 Å². The standard InChI is InChI=1S/C19H28ClN7O3S/c1-13-6-4-5-7-14(13)12-31(29,30)24-9-11-27(2,3)10-8-23-19(28)15-17(21)26-18(22)16(20)25-15/h4-7,24H,8-12H2,1-3H3,(H4-,21,22,23,26,28)/p+1. The van der Waals surface area contributed by atoms with E-state index in [-0.39, 0.29) is 34.8 Å². The Kier molecular flexibility index (Phi) is 8.18. The number of nitrogens with two attached hydrogens (primary N) is 2. The molecule has 0 unspecified atom stereocenters. The molecule has 10 nitrogen and oxygen atoms in total. The summed E-state index contributed by atoms with van der Waals surface area (Å²) >= 11 is 5.80. The van der Waals surface area contributed by atoms with Crippen LogP contribution in [0, 0.1) is 6.92 Å². The second-order valence-corrected chi connectivity index (χ2v) is 10.0. The Hall–Kier alpha value is -2.47. The third-order valence-corrected chi connectivity index (χ3v) is 6.38. The van der Waals surface area contributed by atoms with Crippen molar-refractivity contribution >= 4 is 39.2 Å². The van der Waals surface area contributed by atoms with Gasteiger partial charge in [-0.15, -0.1) is 0 Å². The van der Waals surface area contributed by atoms with Gasteiger partial charge in [0.15, 0.2) is 22.5 Å². The van der Waals surface area contributed by atoms with Gasteiger partial charge in [0.1, 0.15) is 0 Å². The van der Waals surface area contributed by atoms with Gasteiger partial charge in [-0.3, -0.25) is 4.79 Å². The molecule has 0 bridgehead atoms. The highest BCUT2D eigenvalue weighted by Crippen LogP contribution is 2.17. The van der Waals surface area contributed by atoms with E-state index in [0.29, 0.717) is 24.1 Å². The number of aromatic nitrogens is 2. The van der Waals surface area contributed by atoms with Crippen molar-refractivity contribution in [2.24, 2.45) is 0 Å². The summed E-state index contributed by atoms with van der Waals surface area (Å²) < 4.78 is 27.9. The number of benzene rings is 1.